The van der Waals surface area contributed by atoms with Crippen molar-refractivity contribution in [3.63, 3.8) is 0 Å². The van der Waals surface area contributed by atoms with Crippen LogP contribution >= 0.6 is 15.9 Å². The standard InChI is InChI=1S/C10H16BrNO2/c11-7-5-10(14)12(6-7)8-3-1-2-4-9(8)13/h7-9,13H,1-6H2/t7?,8-,9-/m0/s1. The lowest BCUT2D eigenvalue weighted by atomic mass is 9.91. The lowest BCUT2D eigenvalue weighted by molar-refractivity contribution is -0.132. The summed E-state index contributed by atoms with van der Waals surface area (Å²) in [5.74, 6) is 0.192. The fraction of sp³-hybridized carbons (Fsp3) is 0.900. The number of aliphatic hydroxyl groups is 1. The zero-order valence-corrected chi connectivity index (χ0v) is 9.74. The lowest BCUT2D eigenvalue weighted by Gasteiger charge is -2.35. The highest BCUT2D eigenvalue weighted by atomic mass is 79.9. The Labute approximate surface area is 92.6 Å². The zero-order chi connectivity index (χ0) is 10.1. The third kappa shape index (κ3) is 1.96. The first-order chi connectivity index (χ1) is 6.68. The predicted octanol–water partition coefficient (Wildman–Crippen LogP) is 1.29. The van der Waals surface area contributed by atoms with Gasteiger partial charge in [-0.2, -0.15) is 0 Å². The van der Waals surface area contributed by atoms with E-state index in [2.05, 4.69) is 15.9 Å². The highest BCUT2D eigenvalue weighted by Crippen LogP contribution is 2.28. The quantitative estimate of drug-likeness (QED) is 0.723. The predicted molar refractivity (Wildman–Crippen MR) is 57.3 cm³/mol. The molecule has 2 aliphatic rings. The molecule has 1 heterocycles. The molecule has 1 unspecified atom stereocenters. The van der Waals surface area contributed by atoms with Crippen molar-refractivity contribution in [1.29, 1.82) is 0 Å². The minimum absolute atomic E-state index is 0.0822. The Kier molecular flexibility index (Phi) is 3.12. The number of likely N-dealkylation sites (tertiary alicyclic amines) is 1. The Balaban J connectivity index is 2.02. The van der Waals surface area contributed by atoms with Gasteiger partial charge in [0.15, 0.2) is 0 Å². The van der Waals surface area contributed by atoms with Crippen molar-refractivity contribution in [2.24, 2.45) is 0 Å². The lowest BCUT2D eigenvalue weighted by Crippen LogP contribution is -2.46. The number of halogens is 1. The summed E-state index contributed by atoms with van der Waals surface area (Å²) >= 11 is 3.46. The molecule has 0 aromatic rings. The molecule has 80 valence electrons. The first-order valence-corrected chi connectivity index (χ1v) is 6.21. The van der Waals surface area contributed by atoms with Crippen LogP contribution in [0.25, 0.3) is 0 Å². The fourth-order valence-corrected chi connectivity index (χ4v) is 3.05. The maximum Gasteiger partial charge on any atom is 0.224 e. The average molecular weight is 262 g/mol. The highest BCUT2D eigenvalue weighted by molar-refractivity contribution is 9.09. The normalized spacial score (nSPS) is 39.1. The number of amides is 1. The van der Waals surface area contributed by atoms with Crippen molar-refractivity contribution in [3.8, 4) is 0 Å². The molecule has 0 bridgehead atoms. The van der Waals surface area contributed by atoms with Crippen LogP contribution in [-0.2, 0) is 4.79 Å². The number of alkyl halides is 1. The number of hydrogen-bond donors (Lipinski definition) is 1. The molecule has 0 aromatic carbocycles. The van der Waals surface area contributed by atoms with Crippen LogP contribution in [0.5, 0.6) is 0 Å². The summed E-state index contributed by atoms with van der Waals surface area (Å²) in [6.07, 6.45) is 4.33. The minimum atomic E-state index is -0.300. The van der Waals surface area contributed by atoms with Gasteiger partial charge in [-0.15, -0.1) is 0 Å². The number of aliphatic hydroxyl groups excluding tert-OH is 1. The molecule has 0 radical (unpaired) electrons. The van der Waals surface area contributed by atoms with Crippen molar-refractivity contribution in [1.82, 2.24) is 4.90 Å². The van der Waals surface area contributed by atoms with E-state index in [1.165, 1.54) is 0 Å². The third-order valence-corrected chi connectivity index (χ3v) is 3.82. The van der Waals surface area contributed by atoms with Gasteiger partial charge in [-0.25, -0.2) is 0 Å². The Bertz CT molecular complexity index is 234. The van der Waals surface area contributed by atoms with Crippen LogP contribution in [-0.4, -0.2) is 39.4 Å². The van der Waals surface area contributed by atoms with Gasteiger partial charge in [-0.05, 0) is 12.8 Å². The number of rotatable bonds is 1. The maximum absolute atomic E-state index is 11.6. The molecule has 3 atom stereocenters. The Hall–Kier alpha value is -0.0900. The summed E-state index contributed by atoms with van der Waals surface area (Å²) in [6, 6.07) is 0.0822. The van der Waals surface area contributed by atoms with Crippen LogP contribution in [0.4, 0.5) is 0 Å². The first-order valence-electron chi connectivity index (χ1n) is 5.30. The van der Waals surface area contributed by atoms with Crippen LogP contribution in [0.3, 0.4) is 0 Å². The summed E-state index contributed by atoms with van der Waals surface area (Å²) in [6.45, 7) is 0.764. The van der Waals surface area contributed by atoms with Gasteiger partial charge in [0.2, 0.25) is 5.91 Å². The fourth-order valence-electron chi connectivity index (χ4n) is 2.46. The van der Waals surface area contributed by atoms with Gasteiger partial charge in [0, 0.05) is 17.8 Å². The molecule has 0 aromatic heterocycles. The smallest absolute Gasteiger partial charge is 0.224 e. The maximum atomic E-state index is 11.6. The molecule has 0 spiro atoms. The average Bonchev–Trinajstić information content (AvgIpc) is 2.46. The van der Waals surface area contributed by atoms with E-state index < -0.39 is 0 Å². The molecular weight excluding hydrogens is 246 g/mol. The Morgan fingerprint density at radius 3 is 2.64 bits per heavy atom. The summed E-state index contributed by atoms with van der Waals surface area (Å²) in [5.41, 5.74) is 0. The first kappa shape index (κ1) is 10.4. The molecule has 1 saturated carbocycles. The van der Waals surface area contributed by atoms with E-state index in [4.69, 9.17) is 0 Å². The topological polar surface area (TPSA) is 40.5 Å². The van der Waals surface area contributed by atoms with Gasteiger partial charge in [-0.1, -0.05) is 28.8 Å². The molecule has 4 heteroatoms. The molecule has 2 fully saturated rings. The number of carbonyl (C=O) groups is 1. The monoisotopic (exact) mass is 261 g/mol. The van der Waals surface area contributed by atoms with Crippen LogP contribution < -0.4 is 0 Å². The molecule has 1 aliphatic carbocycles. The van der Waals surface area contributed by atoms with E-state index in [0.29, 0.717) is 6.42 Å². The summed E-state index contributed by atoms with van der Waals surface area (Å²) in [4.78, 5) is 13.8. The largest absolute Gasteiger partial charge is 0.391 e. The van der Waals surface area contributed by atoms with E-state index in [1.807, 2.05) is 4.90 Å². The third-order valence-electron chi connectivity index (χ3n) is 3.21. The van der Waals surface area contributed by atoms with Crippen LogP contribution in [0.2, 0.25) is 0 Å². The Morgan fingerprint density at radius 2 is 2.07 bits per heavy atom. The van der Waals surface area contributed by atoms with E-state index in [-0.39, 0.29) is 22.9 Å². The van der Waals surface area contributed by atoms with Gasteiger partial charge in [-0.3, -0.25) is 4.79 Å². The van der Waals surface area contributed by atoms with Crippen molar-refractivity contribution >= 4 is 21.8 Å². The highest BCUT2D eigenvalue weighted by Gasteiger charge is 2.37. The van der Waals surface area contributed by atoms with E-state index >= 15 is 0 Å². The van der Waals surface area contributed by atoms with Crippen molar-refractivity contribution in [2.45, 2.75) is 49.1 Å². The van der Waals surface area contributed by atoms with Crippen LogP contribution in [0.15, 0.2) is 0 Å². The summed E-state index contributed by atoms with van der Waals surface area (Å²) in [5, 5.41) is 9.82. The minimum Gasteiger partial charge on any atom is -0.391 e. The summed E-state index contributed by atoms with van der Waals surface area (Å²) in [7, 11) is 0. The second-order valence-corrected chi connectivity index (χ2v) is 5.56. The molecular formula is C10H16BrNO2. The number of carbonyl (C=O) groups excluding carboxylic acids is 1. The zero-order valence-electron chi connectivity index (χ0n) is 8.16. The van der Waals surface area contributed by atoms with Gasteiger partial charge >= 0.3 is 0 Å². The van der Waals surface area contributed by atoms with E-state index in [0.717, 1.165) is 32.2 Å². The second-order valence-electron chi connectivity index (χ2n) is 4.27. The molecule has 1 aliphatic heterocycles. The molecule has 14 heavy (non-hydrogen) atoms. The van der Waals surface area contributed by atoms with Crippen molar-refractivity contribution in [2.75, 3.05) is 6.54 Å². The molecule has 1 N–H and O–H groups in total. The van der Waals surface area contributed by atoms with Crippen LogP contribution in [0, 0.1) is 0 Å². The molecule has 3 nitrogen and oxygen atoms in total. The SMILES string of the molecule is O=C1CC(Br)CN1[C@H]1CCCC[C@@H]1O. The molecule has 1 amide bonds. The summed E-state index contributed by atoms with van der Waals surface area (Å²) < 4.78 is 0. The van der Waals surface area contributed by atoms with E-state index in [9.17, 15) is 9.90 Å². The number of hydrogen-bond acceptors (Lipinski definition) is 2. The number of nitrogens with zero attached hydrogens (tertiary/aromatic N) is 1. The van der Waals surface area contributed by atoms with Gasteiger partial charge in [0.1, 0.15) is 0 Å². The van der Waals surface area contributed by atoms with Crippen LogP contribution in [0.1, 0.15) is 32.1 Å². The molecule has 2 rings (SSSR count). The van der Waals surface area contributed by atoms with Gasteiger partial charge in [0.05, 0.1) is 12.1 Å². The van der Waals surface area contributed by atoms with Gasteiger partial charge in [0.25, 0.3) is 0 Å². The van der Waals surface area contributed by atoms with Crippen molar-refractivity contribution in [3.05, 3.63) is 0 Å². The molecule has 1 saturated heterocycles. The Morgan fingerprint density at radius 1 is 1.36 bits per heavy atom. The second kappa shape index (κ2) is 4.19. The van der Waals surface area contributed by atoms with Gasteiger partial charge < -0.3 is 10.0 Å². The van der Waals surface area contributed by atoms with E-state index in [1.54, 1.807) is 0 Å². The van der Waals surface area contributed by atoms with Crippen molar-refractivity contribution < 1.29 is 9.90 Å².